The van der Waals surface area contributed by atoms with Crippen molar-refractivity contribution in [2.45, 2.75) is 31.7 Å². The SMILES string of the molecule is C=CCn1c(=NC(=O)Cc2ccc(C)c(C)c2)sc2cc(S(N)(=O)=O)ccc21. The van der Waals surface area contributed by atoms with Crippen LogP contribution in [-0.4, -0.2) is 18.9 Å². The van der Waals surface area contributed by atoms with Crippen LogP contribution in [-0.2, 0) is 27.8 Å². The summed E-state index contributed by atoms with van der Waals surface area (Å²) in [6, 6.07) is 10.5. The molecule has 0 aliphatic rings. The van der Waals surface area contributed by atoms with Crippen LogP contribution >= 0.6 is 11.3 Å². The highest BCUT2D eigenvalue weighted by atomic mass is 32.2. The summed E-state index contributed by atoms with van der Waals surface area (Å²) in [5, 5.41) is 5.22. The third kappa shape index (κ3) is 4.30. The first-order chi connectivity index (χ1) is 13.2. The molecular formula is C20H21N3O3S2. The molecule has 0 unspecified atom stereocenters. The molecule has 8 heteroatoms. The van der Waals surface area contributed by atoms with Crippen LogP contribution in [0.15, 0.2) is 58.9 Å². The third-order valence-corrected chi connectivity index (χ3v) is 6.39. The van der Waals surface area contributed by atoms with Crippen LogP contribution in [0.1, 0.15) is 16.7 Å². The highest BCUT2D eigenvalue weighted by molar-refractivity contribution is 7.89. The van der Waals surface area contributed by atoms with E-state index in [-0.39, 0.29) is 17.2 Å². The number of sulfonamides is 1. The second-order valence-electron chi connectivity index (χ2n) is 6.56. The quantitative estimate of drug-likeness (QED) is 0.649. The molecule has 146 valence electrons. The molecule has 1 aromatic heterocycles. The Balaban J connectivity index is 2.04. The average molecular weight is 416 g/mol. The Bertz CT molecular complexity index is 1250. The van der Waals surface area contributed by atoms with E-state index in [0.29, 0.717) is 16.0 Å². The Hall–Kier alpha value is -2.55. The number of aryl methyl sites for hydroxylation is 2. The number of allylic oxidation sites excluding steroid dienone is 1. The van der Waals surface area contributed by atoms with Crippen LogP contribution in [0.5, 0.6) is 0 Å². The summed E-state index contributed by atoms with van der Waals surface area (Å²) in [5.74, 6) is -0.265. The fourth-order valence-corrected chi connectivity index (χ4v) is 4.57. The van der Waals surface area contributed by atoms with Crippen molar-refractivity contribution >= 4 is 37.5 Å². The second-order valence-corrected chi connectivity index (χ2v) is 9.13. The van der Waals surface area contributed by atoms with E-state index in [1.165, 1.54) is 29.0 Å². The summed E-state index contributed by atoms with van der Waals surface area (Å²) in [5.41, 5.74) is 3.98. The predicted molar refractivity (Wildman–Crippen MR) is 112 cm³/mol. The van der Waals surface area contributed by atoms with Crippen molar-refractivity contribution in [3.63, 3.8) is 0 Å². The van der Waals surface area contributed by atoms with Gasteiger partial charge in [0, 0.05) is 6.54 Å². The predicted octanol–water partition coefficient (Wildman–Crippen LogP) is 2.82. The lowest BCUT2D eigenvalue weighted by Gasteiger charge is -2.03. The fraction of sp³-hybridized carbons (Fsp3) is 0.200. The number of nitrogens with two attached hydrogens (primary N) is 1. The first-order valence-electron chi connectivity index (χ1n) is 8.60. The number of rotatable bonds is 5. The largest absolute Gasteiger partial charge is 0.313 e. The van der Waals surface area contributed by atoms with E-state index in [1.54, 1.807) is 12.1 Å². The van der Waals surface area contributed by atoms with Gasteiger partial charge in [0.2, 0.25) is 10.0 Å². The van der Waals surface area contributed by atoms with Crippen LogP contribution in [0.25, 0.3) is 10.2 Å². The van der Waals surface area contributed by atoms with Crippen LogP contribution in [0.4, 0.5) is 0 Å². The maximum Gasteiger partial charge on any atom is 0.252 e. The van der Waals surface area contributed by atoms with Gasteiger partial charge in [0.1, 0.15) is 0 Å². The van der Waals surface area contributed by atoms with Crippen LogP contribution in [0.2, 0.25) is 0 Å². The normalized spacial score (nSPS) is 12.5. The van der Waals surface area contributed by atoms with E-state index >= 15 is 0 Å². The standard InChI is InChI=1S/C20H21N3O3S2/c1-4-9-23-17-8-7-16(28(21,25)26)12-18(17)27-20(23)22-19(24)11-15-6-5-13(2)14(3)10-15/h4-8,10,12H,1,9,11H2,2-3H3,(H2,21,25,26). The number of carbonyl (C=O) groups excluding carboxylic acids is 1. The van der Waals surface area contributed by atoms with Crippen LogP contribution in [0.3, 0.4) is 0 Å². The molecule has 0 spiro atoms. The van der Waals surface area contributed by atoms with E-state index in [9.17, 15) is 13.2 Å². The minimum atomic E-state index is -3.80. The number of carbonyl (C=O) groups is 1. The smallest absolute Gasteiger partial charge is 0.252 e. The van der Waals surface area contributed by atoms with Gasteiger partial charge in [0.05, 0.1) is 21.5 Å². The van der Waals surface area contributed by atoms with Crippen molar-refractivity contribution in [1.82, 2.24) is 4.57 Å². The van der Waals surface area contributed by atoms with Gasteiger partial charge >= 0.3 is 0 Å². The molecule has 28 heavy (non-hydrogen) atoms. The first kappa shape index (κ1) is 20.2. The zero-order chi connectivity index (χ0) is 20.5. The van der Waals surface area contributed by atoms with Gasteiger partial charge in [-0.15, -0.1) is 6.58 Å². The lowest BCUT2D eigenvalue weighted by molar-refractivity contribution is -0.117. The van der Waals surface area contributed by atoms with Gasteiger partial charge in [-0.2, -0.15) is 4.99 Å². The van der Waals surface area contributed by atoms with E-state index in [4.69, 9.17) is 5.14 Å². The summed E-state index contributed by atoms with van der Waals surface area (Å²) < 4.78 is 25.7. The molecule has 2 aromatic carbocycles. The Kier molecular flexibility index (Phi) is 5.64. The van der Waals surface area contributed by atoms with E-state index in [1.807, 2.05) is 36.6 Å². The Morgan fingerprint density at radius 2 is 1.96 bits per heavy atom. The number of nitrogens with zero attached hydrogens (tertiary/aromatic N) is 2. The number of thiazole rings is 1. The molecule has 3 rings (SSSR count). The summed E-state index contributed by atoms with van der Waals surface area (Å²) in [6.45, 7) is 8.23. The Morgan fingerprint density at radius 3 is 2.61 bits per heavy atom. The highest BCUT2D eigenvalue weighted by Gasteiger charge is 2.13. The maximum absolute atomic E-state index is 12.5. The molecule has 0 aliphatic carbocycles. The third-order valence-electron chi connectivity index (χ3n) is 4.44. The van der Waals surface area contributed by atoms with Crippen LogP contribution < -0.4 is 9.94 Å². The van der Waals surface area contributed by atoms with Crippen molar-refractivity contribution in [3.05, 3.63) is 70.5 Å². The highest BCUT2D eigenvalue weighted by Crippen LogP contribution is 2.21. The van der Waals surface area contributed by atoms with Gasteiger partial charge < -0.3 is 4.57 Å². The summed E-state index contributed by atoms with van der Waals surface area (Å²) in [4.78, 5) is 17.3. The number of hydrogen-bond acceptors (Lipinski definition) is 4. The van der Waals surface area contributed by atoms with Crippen molar-refractivity contribution in [2.24, 2.45) is 10.1 Å². The van der Waals surface area contributed by atoms with Crippen molar-refractivity contribution in [3.8, 4) is 0 Å². The molecule has 6 nitrogen and oxygen atoms in total. The number of benzene rings is 2. The average Bonchev–Trinajstić information content (AvgIpc) is 2.94. The molecule has 3 aromatic rings. The zero-order valence-corrected chi connectivity index (χ0v) is 17.3. The number of fused-ring (bicyclic) bond motifs is 1. The lowest BCUT2D eigenvalue weighted by Crippen LogP contribution is -2.17. The van der Waals surface area contributed by atoms with Gasteiger partial charge in [0.25, 0.3) is 5.91 Å². The van der Waals surface area contributed by atoms with Crippen molar-refractivity contribution in [1.29, 1.82) is 0 Å². The van der Waals surface area contributed by atoms with Gasteiger partial charge in [-0.3, -0.25) is 4.79 Å². The lowest BCUT2D eigenvalue weighted by atomic mass is 10.0. The van der Waals surface area contributed by atoms with E-state index in [2.05, 4.69) is 11.6 Å². The first-order valence-corrected chi connectivity index (χ1v) is 11.0. The molecule has 0 bridgehead atoms. The number of primary sulfonamides is 1. The van der Waals surface area contributed by atoms with Crippen LogP contribution in [0, 0.1) is 13.8 Å². The zero-order valence-electron chi connectivity index (χ0n) is 15.7. The monoisotopic (exact) mass is 415 g/mol. The molecule has 0 saturated heterocycles. The number of amides is 1. The molecule has 0 aliphatic heterocycles. The molecule has 0 fully saturated rings. The molecular weight excluding hydrogens is 394 g/mol. The summed E-state index contributed by atoms with van der Waals surface area (Å²) in [7, 11) is -3.80. The summed E-state index contributed by atoms with van der Waals surface area (Å²) in [6.07, 6.45) is 1.90. The molecule has 1 amide bonds. The fourth-order valence-electron chi connectivity index (χ4n) is 2.86. The Morgan fingerprint density at radius 1 is 1.21 bits per heavy atom. The topological polar surface area (TPSA) is 94.5 Å². The molecule has 0 radical (unpaired) electrons. The van der Waals surface area contributed by atoms with E-state index in [0.717, 1.165) is 16.6 Å². The van der Waals surface area contributed by atoms with Gasteiger partial charge in [-0.25, -0.2) is 13.6 Å². The molecule has 0 atom stereocenters. The maximum atomic E-state index is 12.5. The van der Waals surface area contributed by atoms with E-state index < -0.39 is 10.0 Å². The van der Waals surface area contributed by atoms with Gasteiger partial charge in [0.15, 0.2) is 4.80 Å². The van der Waals surface area contributed by atoms with Gasteiger partial charge in [-0.1, -0.05) is 35.6 Å². The Labute approximate surface area is 167 Å². The minimum absolute atomic E-state index is 0.0278. The summed E-state index contributed by atoms with van der Waals surface area (Å²) >= 11 is 1.25. The van der Waals surface area contributed by atoms with Crippen molar-refractivity contribution < 1.29 is 13.2 Å². The van der Waals surface area contributed by atoms with Crippen molar-refractivity contribution in [2.75, 3.05) is 0 Å². The molecule has 1 heterocycles. The molecule has 2 N–H and O–H groups in total. The number of hydrogen-bond donors (Lipinski definition) is 1. The van der Waals surface area contributed by atoms with Gasteiger partial charge in [-0.05, 0) is 48.7 Å². The minimum Gasteiger partial charge on any atom is -0.313 e. The molecule has 0 saturated carbocycles. The number of aromatic nitrogens is 1. The second kappa shape index (κ2) is 7.83.